The second-order valence-corrected chi connectivity index (χ2v) is 5.13. The molecule has 3 N–H and O–H groups in total. The number of fused-ring (bicyclic) bond motifs is 1. The van der Waals surface area contributed by atoms with Crippen LogP contribution in [0.3, 0.4) is 0 Å². The molecule has 0 fully saturated rings. The molecule has 0 atom stereocenters. The van der Waals surface area contributed by atoms with E-state index in [1.165, 1.54) is 42.4 Å². The fourth-order valence-corrected chi connectivity index (χ4v) is 2.47. The Balaban J connectivity index is 1.92. The average molecular weight is 259 g/mol. The Morgan fingerprint density at radius 2 is 2.05 bits per heavy atom. The van der Waals surface area contributed by atoms with E-state index in [1.54, 1.807) is 0 Å². The van der Waals surface area contributed by atoms with Gasteiger partial charge in [0, 0.05) is 5.71 Å². The summed E-state index contributed by atoms with van der Waals surface area (Å²) >= 11 is 0. The largest absolute Gasteiger partial charge is 0.350 e. The summed E-state index contributed by atoms with van der Waals surface area (Å²) in [6.07, 6.45) is 6.83. The fraction of sp³-hybridized carbons (Fsp3) is 0.467. The smallest absolute Gasteiger partial charge is 0.332 e. The highest BCUT2D eigenvalue weighted by atomic mass is 16.2. The van der Waals surface area contributed by atoms with E-state index in [-0.39, 0.29) is 0 Å². The van der Waals surface area contributed by atoms with Crippen LogP contribution in [0.25, 0.3) is 0 Å². The van der Waals surface area contributed by atoms with Gasteiger partial charge in [0.05, 0.1) is 0 Å². The number of carbonyl (C=O) groups excluding carboxylic acids is 1. The minimum absolute atomic E-state index is 0.617. The van der Waals surface area contributed by atoms with Crippen LogP contribution in [-0.2, 0) is 19.3 Å². The van der Waals surface area contributed by atoms with Crippen LogP contribution in [-0.4, -0.2) is 11.7 Å². The lowest BCUT2D eigenvalue weighted by molar-refractivity contribution is 0.249. The lowest BCUT2D eigenvalue weighted by atomic mass is 9.89. The number of aryl methyl sites for hydroxylation is 3. The number of benzene rings is 1. The number of hydrogen-bond donors (Lipinski definition) is 2. The van der Waals surface area contributed by atoms with Gasteiger partial charge in [0.1, 0.15) is 0 Å². The maximum Gasteiger partial charge on any atom is 0.332 e. The molecule has 0 heterocycles. The average Bonchev–Trinajstić information content (AvgIpc) is 2.42. The molecular weight excluding hydrogens is 238 g/mol. The van der Waals surface area contributed by atoms with Crippen molar-refractivity contribution in [3.63, 3.8) is 0 Å². The van der Waals surface area contributed by atoms with E-state index >= 15 is 0 Å². The van der Waals surface area contributed by atoms with Crippen molar-refractivity contribution in [2.75, 3.05) is 0 Å². The number of carbonyl (C=O) groups is 1. The van der Waals surface area contributed by atoms with Gasteiger partial charge in [0.15, 0.2) is 0 Å². The van der Waals surface area contributed by atoms with Gasteiger partial charge in [-0.15, -0.1) is 0 Å². The highest BCUT2D eigenvalue weighted by molar-refractivity contribution is 5.83. The van der Waals surface area contributed by atoms with Gasteiger partial charge in [0.2, 0.25) is 0 Å². The van der Waals surface area contributed by atoms with Crippen molar-refractivity contribution >= 4 is 11.7 Å². The maximum absolute atomic E-state index is 10.5. The van der Waals surface area contributed by atoms with Crippen LogP contribution in [0.4, 0.5) is 4.79 Å². The number of amides is 2. The molecule has 102 valence electrons. The molecule has 1 aromatic carbocycles. The van der Waals surface area contributed by atoms with E-state index in [4.69, 9.17) is 5.73 Å². The third kappa shape index (κ3) is 4.09. The van der Waals surface area contributed by atoms with Crippen molar-refractivity contribution in [2.24, 2.45) is 10.8 Å². The van der Waals surface area contributed by atoms with Gasteiger partial charge in [-0.05, 0) is 62.1 Å². The molecule has 4 nitrogen and oxygen atoms in total. The number of nitrogens with one attached hydrogen (secondary N) is 1. The van der Waals surface area contributed by atoms with Crippen LogP contribution in [0.1, 0.15) is 42.9 Å². The molecule has 1 aromatic rings. The van der Waals surface area contributed by atoms with Crippen molar-refractivity contribution < 1.29 is 4.79 Å². The predicted octanol–water partition coefficient (Wildman–Crippen LogP) is 2.54. The zero-order chi connectivity index (χ0) is 13.7. The summed E-state index contributed by atoms with van der Waals surface area (Å²) in [6, 6.07) is 6.17. The van der Waals surface area contributed by atoms with Crippen molar-refractivity contribution in [3.05, 3.63) is 34.9 Å². The molecule has 2 amide bonds. The Morgan fingerprint density at radius 3 is 2.79 bits per heavy atom. The summed E-state index contributed by atoms with van der Waals surface area (Å²) < 4.78 is 0. The highest BCUT2D eigenvalue weighted by Gasteiger charge is 2.09. The Labute approximate surface area is 114 Å². The highest BCUT2D eigenvalue weighted by Crippen LogP contribution is 2.22. The van der Waals surface area contributed by atoms with E-state index in [0.29, 0.717) is 0 Å². The molecule has 0 unspecified atom stereocenters. The van der Waals surface area contributed by atoms with Crippen molar-refractivity contribution in [2.45, 2.75) is 45.4 Å². The molecule has 19 heavy (non-hydrogen) atoms. The van der Waals surface area contributed by atoms with E-state index in [1.807, 2.05) is 6.92 Å². The fourth-order valence-electron chi connectivity index (χ4n) is 2.47. The number of urea groups is 1. The molecule has 0 bridgehead atoms. The molecule has 4 heteroatoms. The maximum atomic E-state index is 10.5. The molecule has 0 spiro atoms. The van der Waals surface area contributed by atoms with Crippen LogP contribution in [0, 0.1) is 0 Å². The lowest BCUT2D eigenvalue weighted by Crippen LogP contribution is -2.25. The van der Waals surface area contributed by atoms with Crippen molar-refractivity contribution in [1.82, 2.24) is 5.43 Å². The van der Waals surface area contributed by atoms with Gasteiger partial charge in [-0.3, -0.25) is 0 Å². The van der Waals surface area contributed by atoms with Crippen LogP contribution in [0.5, 0.6) is 0 Å². The molecule has 0 aliphatic heterocycles. The minimum atomic E-state index is -0.617. The first kappa shape index (κ1) is 13.6. The Kier molecular flexibility index (Phi) is 4.55. The van der Waals surface area contributed by atoms with E-state index < -0.39 is 6.03 Å². The van der Waals surface area contributed by atoms with Gasteiger partial charge in [-0.25, -0.2) is 10.2 Å². The Bertz CT molecular complexity index is 494. The molecule has 0 radical (unpaired) electrons. The number of hydrogen-bond acceptors (Lipinski definition) is 2. The normalized spacial score (nSPS) is 14.9. The molecular formula is C15H21N3O. The SMILES string of the molecule is CC(CCc1ccc2c(c1)CCCC2)=NNC(N)=O. The standard InChI is InChI=1S/C15H21N3O/c1-11(17-18-15(16)19)6-7-12-8-9-13-4-2-3-5-14(13)10-12/h8-10H,2-7H2,1H3,(H3,16,18,19). The summed E-state index contributed by atoms with van der Waals surface area (Å²) in [5.41, 5.74) is 12.5. The molecule has 1 aliphatic carbocycles. The third-order valence-electron chi connectivity index (χ3n) is 3.55. The first-order valence-electron chi connectivity index (χ1n) is 6.84. The third-order valence-corrected chi connectivity index (χ3v) is 3.55. The zero-order valence-corrected chi connectivity index (χ0v) is 11.4. The summed E-state index contributed by atoms with van der Waals surface area (Å²) in [7, 11) is 0. The molecule has 1 aliphatic rings. The second kappa shape index (κ2) is 6.36. The van der Waals surface area contributed by atoms with E-state index in [2.05, 4.69) is 28.7 Å². The van der Waals surface area contributed by atoms with Gasteiger partial charge < -0.3 is 5.73 Å². The number of hydrazone groups is 1. The van der Waals surface area contributed by atoms with Crippen molar-refractivity contribution in [3.8, 4) is 0 Å². The number of primary amides is 1. The van der Waals surface area contributed by atoms with E-state index in [9.17, 15) is 4.79 Å². The molecule has 0 saturated heterocycles. The van der Waals surface area contributed by atoms with Gasteiger partial charge >= 0.3 is 6.03 Å². The van der Waals surface area contributed by atoms with Gasteiger partial charge in [0.25, 0.3) is 0 Å². The summed E-state index contributed by atoms with van der Waals surface area (Å²) in [5, 5.41) is 3.92. The van der Waals surface area contributed by atoms with Gasteiger partial charge in [-0.1, -0.05) is 18.2 Å². The molecule has 0 aromatic heterocycles. The van der Waals surface area contributed by atoms with Crippen LogP contribution >= 0.6 is 0 Å². The summed E-state index contributed by atoms with van der Waals surface area (Å²) in [4.78, 5) is 10.5. The lowest BCUT2D eigenvalue weighted by Gasteiger charge is -2.16. The summed E-state index contributed by atoms with van der Waals surface area (Å²) in [6.45, 7) is 1.90. The van der Waals surface area contributed by atoms with E-state index in [0.717, 1.165) is 18.6 Å². The van der Waals surface area contributed by atoms with Crippen LogP contribution in [0.15, 0.2) is 23.3 Å². The van der Waals surface area contributed by atoms with Crippen molar-refractivity contribution in [1.29, 1.82) is 0 Å². The number of nitrogens with zero attached hydrogens (tertiary/aromatic N) is 1. The molecule has 0 saturated carbocycles. The van der Waals surface area contributed by atoms with Gasteiger partial charge in [-0.2, -0.15) is 5.10 Å². The summed E-state index contributed by atoms with van der Waals surface area (Å²) in [5.74, 6) is 0. The first-order chi connectivity index (χ1) is 9.15. The monoisotopic (exact) mass is 259 g/mol. The van der Waals surface area contributed by atoms with Crippen LogP contribution < -0.4 is 11.2 Å². The molecule has 2 rings (SSSR count). The second-order valence-electron chi connectivity index (χ2n) is 5.13. The Hall–Kier alpha value is -1.84. The predicted molar refractivity (Wildman–Crippen MR) is 77.2 cm³/mol. The number of rotatable bonds is 4. The zero-order valence-electron chi connectivity index (χ0n) is 11.4. The minimum Gasteiger partial charge on any atom is -0.350 e. The number of nitrogens with two attached hydrogens (primary N) is 1. The quantitative estimate of drug-likeness (QED) is 0.633. The first-order valence-corrected chi connectivity index (χ1v) is 6.84. The topological polar surface area (TPSA) is 67.5 Å². The Morgan fingerprint density at radius 1 is 1.32 bits per heavy atom. The van der Waals surface area contributed by atoms with Crippen LogP contribution in [0.2, 0.25) is 0 Å².